The number of carbonyl (C=O) groups excluding carboxylic acids is 2. The van der Waals surface area contributed by atoms with Crippen molar-refractivity contribution in [1.82, 2.24) is 10.9 Å². The minimum absolute atomic E-state index is 0.0903. The van der Waals surface area contributed by atoms with E-state index in [1.165, 1.54) is 36.5 Å². The van der Waals surface area contributed by atoms with Crippen LogP contribution in [-0.2, 0) is 0 Å². The topological polar surface area (TPSA) is 101 Å². The van der Waals surface area contributed by atoms with Crippen molar-refractivity contribution in [2.45, 2.75) is 0 Å². The molecule has 0 unspecified atom stereocenters. The molecule has 0 aliphatic rings. The molecule has 8 heteroatoms. The maximum Gasteiger partial charge on any atom is 0.282 e. The van der Waals surface area contributed by atoms with Gasteiger partial charge in [0.15, 0.2) is 5.78 Å². The van der Waals surface area contributed by atoms with Gasteiger partial charge < -0.3 is 5.43 Å². The van der Waals surface area contributed by atoms with E-state index in [-0.39, 0.29) is 17.0 Å². The number of nitrogens with one attached hydrogen (secondary N) is 2. The van der Waals surface area contributed by atoms with Crippen LogP contribution in [0.3, 0.4) is 0 Å². The smallest absolute Gasteiger partial charge is 0.282 e. The first-order valence-corrected chi connectivity index (χ1v) is 7.12. The molecule has 0 aliphatic carbocycles. The molecular weight excluding hydrogens is 334 g/mol. The van der Waals surface area contributed by atoms with Crippen LogP contribution in [0.4, 0.5) is 5.69 Å². The highest BCUT2D eigenvalue weighted by Crippen LogP contribution is 2.16. The molecule has 2 aromatic carbocycles. The molecule has 24 heavy (non-hydrogen) atoms. The van der Waals surface area contributed by atoms with Gasteiger partial charge in [0, 0.05) is 28.9 Å². The summed E-state index contributed by atoms with van der Waals surface area (Å²) >= 11 is 5.73. The summed E-state index contributed by atoms with van der Waals surface area (Å²) in [5.41, 5.74) is 4.70. The van der Waals surface area contributed by atoms with Gasteiger partial charge in [-0.1, -0.05) is 23.7 Å². The van der Waals surface area contributed by atoms with Crippen molar-refractivity contribution in [1.29, 1.82) is 0 Å². The number of benzene rings is 2. The third-order valence-electron chi connectivity index (χ3n) is 2.98. The number of hydrogen-bond acceptors (Lipinski definition) is 5. The third kappa shape index (κ3) is 4.40. The summed E-state index contributed by atoms with van der Waals surface area (Å²) in [5, 5.41) is 11.4. The zero-order valence-electron chi connectivity index (χ0n) is 12.2. The number of hydrogen-bond donors (Lipinski definition) is 2. The molecule has 2 aromatic rings. The van der Waals surface area contributed by atoms with Crippen LogP contribution in [-0.4, -0.2) is 16.6 Å². The highest BCUT2D eigenvalue weighted by Gasteiger charge is 2.18. The van der Waals surface area contributed by atoms with E-state index in [1.54, 1.807) is 24.3 Å². The first-order chi connectivity index (χ1) is 11.5. The Morgan fingerprint density at radius 2 is 1.75 bits per heavy atom. The summed E-state index contributed by atoms with van der Waals surface area (Å²) in [6, 6.07) is 11.9. The molecule has 0 spiro atoms. The Labute approximate surface area is 142 Å². The number of nitro groups is 1. The van der Waals surface area contributed by atoms with Crippen LogP contribution in [0.25, 0.3) is 0 Å². The number of nitrogens with zero attached hydrogens (tertiary/aromatic N) is 1. The summed E-state index contributed by atoms with van der Waals surface area (Å²) in [6.07, 6.45) is 2.44. The van der Waals surface area contributed by atoms with E-state index < -0.39 is 10.8 Å². The number of nitro benzene ring substituents is 1. The summed E-state index contributed by atoms with van der Waals surface area (Å²) < 4.78 is 0. The van der Waals surface area contributed by atoms with Gasteiger partial charge in [0.05, 0.1) is 4.92 Å². The molecule has 2 N–H and O–H groups in total. The van der Waals surface area contributed by atoms with Gasteiger partial charge in [-0.05, 0) is 30.3 Å². The quantitative estimate of drug-likeness (QED) is 0.363. The Kier molecular flexibility index (Phi) is 5.64. The predicted octanol–water partition coefficient (Wildman–Crippen LogP) is 2.88. The molecule has 0 saturated heterocycles. The summed E-state index contributed by atoms with van der Waals surface area (Å²) in [5.74, 6) is -0.981. The van der Waals surface area contributed by atoms with E-state index in [4.69, 9.17) is 11.6 Å². The van der Waals surface area contributed by atoms with E-state index in [0.29, 0.717) is 10.6 Å². The number of para-hydroxylation sites is 1. The molecule has 2 rings (SSSR count). The van der Waals surface area contributed by atoms with E-state index in [9.17, 15) is 19.7 Å². The molecule has 1 amide bonds. The first kappa shape index (κ1) is 17.2. The van der Waals surface area contributed by atoms with Crippen LogP contribution in [0, 0.1) is 10.1 Å². The highest BCUT2D eigenvalue weighted by atomic mass is 35.5. The predicted molar refractivity (Wildman–Crippen MR) is 88.6 cm³/mol. The fourth-order valence-electron chi connectivity index (χ4n) is 1.83. The number of ketones is 1. The lowest BCUT2D eigenvalue weighted by Crippen LogP contribution is -2.34. The van der Waals surface area contributed by atoms with E-state index in [0.717, 1.165) is 0 Å². The minimum atomic E-state index is -0.689. The van der Waals surface area contributed by atoms with Gasteiger partial charge in [0.25, 0.3) is 11.6 Å². The molecule has 0 radical (unpaired) electrons. The molecular formula is C16H12ClN3O4. The summed E-state index contributed by atoms with van der Waals surface area (Å²) in [6.45, 7) is 0. The Hall–Kier alpha value is -3.19. The number of hydrazine groups is 1. The third-order valence-corrected chi connectivity index (χ3v) is 3.23. The van der Waals surface area contributed by atoms with Crippen molar-refractivity contribution in [2.75, 3.05) is 0 Å². The molecule has 0 saturated carbocycles. The zero-order valence-corrected chi connectivity index (χ0v) is 13.0. The lowest BCUT2D eigenvalue weighted by molar-refractivity contribution is -0.385. The van der Waals surface area contributed by atoms with Gasteiger partial charge in [0.2, 0.25) is 0 Å². The monoisotopic (exact) mass is 345 g/mol. The van der Waals surface area contributed by atoms with Gasteiger partial charge in [0.1, 0.15) is 5.56 Å². The first-order valence-electron chi connectivity index (χ1n) is 6.75. The molecule has 122 valence electrons. The van der Waals surface area contributed by atoms with E-state index in [1.807, 2.05) is 0 Å². The largest absolute Gasteiger partial charge is 0.305 e. The lowest BCUT2D eigenvalue weighted by atomic mass is 10.1. The van der Waals surface area contributed by atoms with Gasteiger partial charge in [-0.15, -0.1) is 0 Å². The molecule has 0 aliphatic heterocycles. The minimum Gasteiger partial charge on any atom is -0.305 e. The van der Waals surface area contributed by atoms with Crippen LogP contribution in [0.15, 0.2) is 60.8 Å². The van der Waals surface area contributed by atoms with Gasteiger partial charge in [-0.2, -0.15) is 0 Å². The average Bonchev–Trinajstić information content (AvgIpc) is 2.58. The number of rotatable bonds is 6. The maximum absolute atomic E-state index is 11.9. The van der Waals surface area contributed by atoms with Crippen LogP contribution < -0.4 is 10.9 Å². The van der Waals surface area contributed by atoms with Gasteiger partial charge >= 0.3 is 0 Å². The standard InChI is InChI=1S/C16H12ClN3O4/c17-12-7-5-11(6-8-12)15(21)9-10-18-19-16(22)13-3-1-2-4-14(13)20(23)24/h1-10,18H,(H,19,22)/b10-9+. The number of carbonyl (C=O) groups is 2. The van der Waals surface area contributed by atoms with Crippen molar-refractivity contribution < 1.29 is 14.5 Å². The molecule has 0 heterocycles. The Bertz CT molecular complexity index is 803. The number of halogens is 1. The summed E-state index contributed by atoms with van der Waals surface area (Å²) in [4.78, 5) is 34.0. The molecule has 0 aromatic heterocycles. The highest BCUT2D eigenvalue weighted by molar-refractivity contribution is 6.30. The average molecular weight is 346 g/mol. The van der Waals surface area contributed by atoms with Crippen molar-refractivity contribution in [3.63, 3.8) is 0 Å². The normalized spacial score (nSPS) is 10.4. The Morgan fingerprint density at radius 1 is 1.08 bits per heavy atom. The second-order valence-electron chi connectivity index (χ2n) is 4.58. The lowest BCUT2D eigenvalue weighted by Gasteiger charge is -2.04. The second-order valence-corrected chi connectivity index (χ2v) is 5.01. The number of amides is 1. The SMILES string of the molecule is O=C(/C=C/NNC(=O)c1ccccc1[N+](=O)[O-])c1ccc(Cl)cc1. The molecule has 0 bridgehead atoms. The van der Waals surface area contributed by atoms with Crippen molar-refractivity contribution in [3.8, 4) is 0 Å². The van der Waals surface area contributed by atoms with Gasteiger partial charge in [-0.25, -0.2) is 0 Å². The van der Waals surface area contributed by atoms with E-state index >= 15 is 0 Å². The summed E-state index contributed by atoms with van der Waals surface area (Å²) in [7, 11) is 0. The molecule has 0 atom stereocenters. The van der Waals surface area contributed by atoms with Crippen LogP contribution in [0.5, 0.6) is 0 Å². The Morgan fingerprint density at radius 3 is 2.42 bits per heavy atom. The second kappa shape index (κ2) is 7.89. The Balaban J connectivity index is 1.94. The van der Waals surface area contributed by atoms with E-state index in [2.05, 4.69) is 10.9 Å². The van der Waals surface area contributed by atoms with Crippen molar-refractivity contribution >= 4 is 29.0 Å². The fraction of sp³-hybridized carbons (Fsp3) is 0. The van der Waals surface area contributed by atoms with Crippen LogP contribution >= 0.6 is 11.6 Å². The zero-order chi connectivity index (χ0) is 17.5. The maximum atomic E-state index is 11.9. The van der Waals surface area contributed by atoms with Crippen LogP contribution in [0.2, 0.25) is 5.02 Å². The van der Waals surface area contributed by atoms with Crippen molar-refractivity contribution in [3.05, 3.63) is 87.1 Å². The molecule has 0 fully saturated rings. The van der Waals surface area contributed by atoms with Gasteiger partial charge in [-0.3, -0.25) is 25.1 Å². The molecule has 7 nitrogen and oxygen atoms in total. The number of allylic oxidation sites excluding steroid dienone is 1. The van der Waals surface area contributed by atoms with Crippen molar-refractivity contribution in [2.24, 2.45) is 0 Å². The van der Waals surface area contributed by atoms with Crippen LogP contribution in [0.1, 0.15) is 20.7 Å². The fourth-order valence-corrected chi connectivity index (χ4v) is 1.95.